The highest BCUT2D eigenvalue weighted by atomic mass is 35.5. The number of rotatable bonds is 3. The van der Waals surface area contributed by atoms with E-state index in [1.807, 2.05) is 0 Å². The van der Waals surface area contributed by atoms with Gasteiger partial charge >= 0.3 is 11.4 Å². The Morgan fingerprint density at radius 2 is 1.40 bits per heavy atom. The third-order valence-electron chi connectivity index (χ3n) is 2.07. The van der Waals surface area contributed by atoms with E-state index in [1.54, 1.807) is 0 Å². The van der Waals surface area contributed by atoms with Gasteiger partial charge in [-0.05, 0) is 30.2 Å². The average Bonchev–Trinajstić information content (AvgIpc) is 2.56. The first-order valence-corrected chi connectivity index (χ1v) is 7.14. The summed E-state index contributed by atoms with van der Waals surface area (Å²) in [5.41, 5.74) is 3.96. The Kier molecular flexibility index (Phi) is 10.1. The van der Waals surface area contributed by atoms with Gasteiger partial charge in [-0.3, -0.25) is 20.2 Å². The monoisotopic (exact) mass is 412 g/mol. The summed E-state index contributed by atoms with van der Waals surface area (Å²) < 4.78 is 0. The fourth-order valence-corrected chi connectivity index (χ4v) is 1.64. The van der Waals surface area contributed by atoms with Crippen molar-refractivity contribution in [1.29, 1.82) is 0 Å². The van der Waals surface area contributed by atoms with Crippen molar-refractivity contribution in [3.63, 3.8) is 0 Å². The predicted octanol–water partition coefficient (Wildman–Crippen LogP) is 2.35. The van der Waals surface area contributed by atoms with E-state index >= 15 is 0 Å². The van der Waals surface area contributed by atoms with E-state index in [2.05, 4.69) is 31.0 Å². The van der Waals surface area contributed by atoms with E-state index in [9.17, 15) is 20.2 Å². The molecule has 2 aromatic rings. The van der Waals surface area contributed by atoms with Crippen LogP contribution in [-0.2, 0) is 0 Å². The highest BCUT2D eigenvalue weighted by Gasteiger charge is 2.15. The molecule has 2 aromatic heterocycles. The summed E-state index contributed by atoms with van der Waals surface area (Å²) in [6.45, 7) is 0. The third kappa shape index (κ3) is 7.34. The Balaban J connectivity index is 0.000000421. The third-order valence-corrected chi connectivity index (χ3v) is 2.71. The molecule has 0 aromatic carbocycles. The molecule has 2 rings (SSSR count). The molecule has 0 unspecified atom stereocenters. The van der Waals surface area contributed by atoms with Gasteiger partial charge in [0, 0.05) is 7.05 Å². The molecule has 25 heavy (non-hydrogen) atoms. The number of aromatic nitrogens is 4. The van der Waals surface area contributed by atoms with Crippen LogP contribution in [-0.4, -0.2) is 43.9 Å². The zero-order valence-corrected chi connectivity index (χ0v) is 15.0. The number of hydrogen-bond donors (Lipinski definition) is 2. The van der Waals surface area contributed by atoms with Gasteiger partial charge in [0.25, 0.3) is 0 Å². The maximum atomic E-state index is 10.3. The zero-order chi connectivity index (χ0) is 19.6. The molecule has 0 amide bonds. The molecule has 0 fully saturated rings. The Morgan fingerprint density at radius 3 is 1.80 bits per heavy atom. The molecule has 2 heterocycles. The van der Waals surface area contributed by atoms with Crippen LogP contribution < -0.4 is 11.1 Å². The maximum absolute atomic E-state index is 10.3. The van der Waals surface area contributed by atoms with Crippen molar-refractivity contribution in [2.75, 3.05) is 19.4 Å². The van der Waals surface area contributed by atoms with Crippen LogP contribution in [0.25, 0.3) is 0 Å². The van der Waals surface area contributed by atoms with Crippen LogP contribution in [0.1, 0.15) is 0 Å². The van der Waals surface area contributed by atoms with E-state index < -0.39 is 9.85 Å². The molecule has 136 valence electrons. The van der Waals surface area contributed by atoms with Crippen molar-refractivity contribution in [1.82, 2.24) is 19.9 Å². The molecule has 0 saturated carbocycles. The number of hydrogen-bond acceptors (Lipinski definition) is 10. The molecule has 0 spiro atoms. The van der Waals surface area contributed by atoms with Crippen LogP contribution in [0, 0.1) is 20.2 Å². The SMILES string of the molecule is CN.CNc1nc(Cl)ncc1[N+](=O)[O-].O=[N+]([O-])c1cnc(Cl)nc1Cl. The molecular formula is C10H11Cl3N8O4. The van der Waals surface area contributed by atoms with Crippen LogP contribution in [0.5, 0.6) is 0 Å². The number of nitro groups is 2. The first kappa shape index (κ1) is 22.6. The maximum Gasteiger partial charge on any atom is 0.329 e. The molecule has 0 bridgehead atoms. The Labute approximate surface area is 155 Å². The number of nitrogens with zero attached hydrogens (tertiary/aromatic N) is 6. The molecule has 0 aliphatic carbocycles. The minimum absolute atomic E-state index is 0.0232. The van der Waals surface area contributed by atoms with Crippen LogP contribution in [0.15, 0.2) is 12.4 Å². The Bertz CT molecular complexity index is 748. The lowest BCUT2D eigenvalue weighted by molar-refractivity contribution is -0.385. The fourth-order valence-electron chi connectivity index (χ4n) is 1.13. The summed E-state index contributed by atoms with van der Waals surface area (Å²) in [5.74, 6) is 0.111. The van der Waals surface area contributed by atoms with Gasteiger partial charge in [0.05, 0.1) is 9.85 Å². The number of nitrogens with one attached hydrogen (secondary N) is 1. The summed E-state index contributed by atoms with van der Waals surface area (Å²) in [6, 6.07) is 0. The van der Waals surface area contributed by atoms with Crippen molar-refractivity contribution in [3.05, 3.63) is 48.3 Å². The van der Waals surface area contributed by atoms with Crippen molar-refractivity contribution < 1.29 is 9.85 Å². The minimum atomic E-state index is -0.682. The lowest BCUT2D eigenvalue weighted by Gasteiger charge is -1.98. The number of anilines is 1. The first-order valence-electron chi connectivity index (χ1n) is 6.01. The van der Waals surface area contributed by atoms with Crippen molar-refractivity contribution in [2.45, 2.75) is 0 Å². The van der Waals surface area contributed by atoms with E-state index in [0.717, 1.165) is 12.4 Å². The van der Waals surface area contributed by atoms with E-state index in [4.69, 9.17) is 34.8 Å². The quantitative estimate of drug-likeness (QED) is 0.328. The summed E-state index contributed by atoms with van der Waals surface area (Å²) in [7, 11) is 3.02. The lowest BCUT2D eigenvalue weighted by Crippen LogP contribution is -2.00. The summed E-state index contributed by atoms with van der Waals surface area (Å²) in [5, 5.41) is 22.6. The Hall–Kier alpha value is -2.41. The highest BCUT2D eigenvalue weighted by molar-refractivity contribution is 6.33. The van der Waals surface area contributed by atoms with Crippen LogP contribution in [0.3, 0.4) is 0 Å². The first-order chi connectivity index (χ1) is 11.8. The molecule has 15 heteroatoms. The van der Waals surface area contributed by atoms with Gasteiger partial charge < -0.3 is 11.1 Å². The van der Waals surface area contributed by atoms with Gasteiger partial charge in [-0.1, -0.05) is 11.6 Å². The molecule has 0 atom stereocenters. The average molecular weight is 414 g/mol. The predicted molar refractivity (Wildman–Crippen MR) is 92.1 cm³/mol. The number of nitrogens with two attached hydrogens (primary N) is 1. The second-order valence-corrected chi connectivity index (χ2v) is 4.49. The van der Waals surface area contributed by atoms with Gasteiger partial charge in [-0.15, -0.1) is 0 Å². The lowest BCUT2D eigenvalue weighted by atomic mass is 10.5. The minimum Gasteiger partial charge on any atom is -0.367 e. The largest absolute Gasteiger partial charge is 0.367 e. The van der Waals surface area contributed by atoms with Gasteiger partial charge in [-0.2, -0.15) is 9.97 Å². The molecule has 12 nitrogen and oxygen atoms in total. The van der Waals surface area contributed by atoms with Gasteiger partial charge in [-0.25, -0.2) is 9.97 Å². The molecular weight excluding hydrogens is 403 g/mol. The van der Waals surface area contributed by atoms with E-state index in [-0.39, 0.29) is 32.9 Å². The van der Waals surface area contributed by atoms with E-state index in [1.165, 1.54) is 14.1 Å². The fraction of sp³-hybridized carbons (Fsp3) is 0.200. The summed E-state index contributed by atoms with van der Waals surface area (Å²) >= 11 is 16.1. The smallest absolute Gasteiger partial charge is 0.329 e. The molecule has 0 saturated heterocycles. The van der Waals surface area contributed by atoms with Crippen molar-refractivity contribution in [2.24, 2.45) is 5.73 Å². The standard InChI is InChI=1S/C5H5ClN4O2.C4HCl2N3O2.CH5N/c1-7-4-3(10(11)12)2-8-5(6)9-4;5-3-2(9(10)11)1-7-4(6)8-3;1-2/h2H,1H3,(H,7,8,9);1H;2H2,1H3. The molecule has 3 N–H and O–H groups in total. The summed E-state index contributed by atoms with van der Waals surface area (Å²) in [6.07, 6.45) is 2.01. The van der Waals surface area contributed by atoms with Crippen molar-refractivity contribution in [3.8, 4) is 0 Å². The second-order valence-electron chi connectivity index (χ2n) is 3.45. The topological polar surface area (TPSA) is 176 Å². The Morgan fingerprint density at radius 1 is 0.960 bits per heavy atom. The highest BCUT2D eigenvalue weighted by Crippen LogP contribution is 2.21. The van der Waals surface area contributed by atoms with Crippen LogP contribution in [0.4, 0.5) is 17.2 Å². The normalized spacial score (nSPS) is 9.04. The van der Waals surface area contributed by atoms with Crippen LogP contribution in [0.2, 0.25) is 15.7 Å². The molecule has 0 radical (unpaired) electrons. The van der Waals surface area contributed by atoms with Crippen LogP contribution >= 0.6 is 34.8 Å². The molecule has 0 aliphatic heterocycles. The van der Waals surface area contributed by atoms with Gasteiger partial charge in [0.15, 0.2) is 0 Å². The molecule has 0 aliphatic rings. The zero-order valence-electron chi connectivity index (χ0n) is 12.7. The van der Waals surface area contributed by atoms with Gasteiger partial charge in [0.2, 0.25) is 21.5 Å². The second kappa shape index (κ2) is 11.2. The summed E-state index contributed by atoms with van der Waals surface area (Å²) in [4.78, 5) is 33.1. The number of halogens is 3. The van der Waals surface area contributed by atoms with Crippen molar-refractivity contribution >= 4 is 52.0 Å². The van der Waals surface area contributed by atoms with Gasteiger partial charge in [0.1, 0.15) is 12.4 Å². The van der Waals surface area contributed by atoms with E-state index in [0.29, 0.717) is 0 Å².